The zero-order valence-corrected chi connectivity index (χ0v) is 52.9. The van der Waals surface area contributed by atoms with Crippen molar-refractivity contribution in [3.8, 4) is 0 Å². The van der Waals surface area contributed by atoms with Crippen molar-refractivity contribution in [2.24, 2.45) is 0 Å². The standard InChI is InChI=1S/C18H15P.3C16H36N.2ClH.FH/c1-4-10-16(11-5-1)19(17-12-6-2-7-13-17)18-14-8-3-9-15-18;3*1-5-9-13-17(14-10-6-2,15-11-7-3)16-12-8-4;;;/h1-15H;3*5-16H2,1-4H3;3*1H/q;3*+1;;;/p-3. The van der Waals surface area contributed by atoms with E-state index in [9.17, 15) is 0 Å². The van der Waals surface area contributed by atoms with Crippen LogP contribution in [0.2, 0.25) is 0 Å². The minimum absolute atomic E-state index is 0. The van der Waals surface area contributed by atoms with Crippen molar-refractivity contribution in [2.75, 3.05) is 78.5 Å². The molecule has 0 aliphatic carbocycles. The molecular weight excluding hydrogens is 956 g/mol. The molecule has 0 fully saturated rings. The van der Waals surface area contributed by atoms with Crippen molar-refractivity contribution >= 4 is 23.8 Å². The minimum atomic E-state index is -0.446. The number of hydrogen-bond donors (Lipinski definition) is 0. The van der Waals surface area contributed by atoms with Gasteiger partial charge >= 0.3 is 0 Å². The Labute approximate surface area is 471 Å². The highest BCUT2D eigenvalue weighted by Crippen LogP contribution is 2.32. The van der Waals surface area contributed by atoms with Gasteiger partial charge in [0.1, 0.15) is 0 Å². The van der Waals surface area contributed by atoms with Gasteiger partial charge in [-0.3, -0.25) is 0 Å². The molecule has 0 saturated heterocycles. The van der Waals surface area contributed by atoms with Gasteiger partial charge in [0.05, 0.1) is 78.5 Å². The second-order valence-electron chi connectivity index (χ2n) is 21.3. The molecule has 0 amide bonds. The van der Waals surface area contributed by atoms with Gasteiger partial charge in [0.2, 0.25) is 0 Å². The minimum Gasteiger partial charge on any atom is -1.00 e. The van der Waals surface area contributed by atoms with E-state index in [2.05, 4.69) is 174 Å². The van der Waals surface area contributed by atoms with E-state index in [1.54, 1.807) is 0 Å². The van der Waals surface area contributed by atoms with Crippen LogP contribution in [0.5, 0.6) is 0 Å². The van der Waals surface area contributed by atoms with Crippen LogP contribution < -0.4 is 45.4 Å². The summed E-state index contributed by atoms with van der Waals surface area (Å²) in [5.41, 5.74) is 0. The Kier molecular flexibility index (Phi) is 57.5. The molecule has 3 nitrogen and oxygen atoms in total. The van der Waals surface area contributed by atoms with Crippen molar-refractivity contribution in [3.05, 3.63) is 91.0 Å². The van der Waals surface area contributed by atoms with E-state index in [1.165, 1.54) is 262 Å². The fourth-order valence-electron chi connectivity index (χ4n) is 10.1. The normalized spacial score (nSPS) is 11.1. The summed E-state index contributed by atoms with van der Waals surface area (Å²) in [5.74, 6) is 0. The summed E-state index contributed by atoms with van der Waals surface area (Å²) in [7, 11) is -0.446. The van der Waals surface area contributed by atoms with Gasteiger partial charge < -0.3 is 43.0 Å². The molecule has 3 aromatic rings. The molecule has 7 heteroatoms. The number of hydrogen-bond acceptors (Lipinski definition) is 0. The summed E-state index contributed by atoms with van der Waals surface area (Å²) >= 11 is 0. The molecule has 0 spiro atoms. The van der Waals surface area contributed by atoms with E-state index in [0.717, 1.165) is 0 Å². The topological polar surface area (TPSA) is 0 Å². The highest BCUT2D eigenvalue weighted by Gasteiger charge is 2.27. The van der Waals surface area contributed by atoms with Crippen LogP contribution in [0.1, 0.15) is 237 Å². The van der Waals surface area contributed by atoms with Crippen molar-refractivity contribution in [1.82, 2.24) is 0 Å². The number of quaternary nitrogens is 3. The van der Waals surface area contributed by atoms with Crippen molar-refractivity contribution in [2.45, 2.75) is 237 Å². The maximum Gasteiger partial charge on any atom is 0.0786 e. The van der Waals surface area contributed by atoms with Gasteiger partial charge in [-0.1, -0.05) is 251 Å². The molecule has 0 unspecified atom stereocenters. The predicted octanol–water partition coefficient (Wildman–Crippen LogP) is 9.47. The van der Waals surface area contributed by atoms with Crippen LogP contribution in [0.25, 0.3) is 0 Å². The zero-order chi connectivity index (χ0) is 51.9. The van der Waals surface area contributed by atoms with Crippen LogP contribution in [0.3, 0.4) is 0 Å². The average molecular weight is 1080 g/mol. The summed E-state index contributed by atoms with van der Waals surface area (Å²) in [6.45, 7) is 45.1. The molecule has 0 aromatic heterocycles. The summed E-state index contributed by atoms with van der Waals surface area (Å²) in [5, 5.41) is 4.19. The molecule has 73 heavy (non-hydrogen) atoms. The molecule has 0 aliphatic heterocycles. The van der Waals surface area contributed by atoms with Crippen LogP contribution in [0, 0.1) is 0 Å². The lowest BCUT2D eigenvalue weighted by molar-refractivity contribution is -0.929. The average Bonchev–Trinajstić information content (AvgIpc) is 3.41. The second kappa shape index (κ2) is 53.9. The van der Waals surface area contributed by atoms with E-state index in [4.69, 9.17) is 0 Å². The summed E-state index contributed by atoms with van der Waals surface area (Å²) in [6, 6.07) is 32.3. The fourth-order valence-corrected chi connectivity index (χ4v) is 12.4. The maximum absolute atomic E-state index is 2.33. The SMILES string of the molecule is CCCC[N+](CCCC)(CCCC)CCCC.CCCC[N+](CCCC)(CCCC)CCCC.CCCC[N+](CCCC)(CCCC)CCCC.[Cl-].[Cl-].[F-].c1ccc(P(c2ccccc2)c2ccccc2)cc1. The molecule has 0 atom stereocenters. The third-order valence-corrected chi connectivity index (χ3v) is 17.3. The first-order chi connectivity index (χ1) is 34.2. The Bertz CT molecular complexity index is 1210. The smallest absolute Gasteiger partial charge is 0.0786 e. The third-order valence-electron chi connectivity index (χ3n) is 14.9. The molecule has 3 rings (SSSR count). The van der Waals surface area contributed by atoms with Gasteiger partial charge in [-0.15, -0.1) is 0 Å². The quantitative estimate of drug-likeness (QED) is 0.0395. The first-order valence-electron chi connectivity index (χ1n) is 30.7. The zero-order valence-electron chi connectivity index (χ0n) is 50.5. The highest BCUT2D eigenvalue weighted by molar-refractivity contribution is 7.79. The Hall–Kier alpha value is -1.52. The van der Waals surface area contributed by atoms with E-state index in [0.29, 0.717) is 0 Å². The number of unbranched alkanes of at least 4 members (excludes halogenated alkanes) is 12. The van der Waals surface area contributed by atoms with Crippen LogP contribution in [0.15, 0.2) is 91.0 Å². The van der Waals surface area contributed by atoms with E-state index in [-0.39, 0.29) is 29.5 Å². The summed E-state index contributed by atoms with van der Waals surface area (Å²) in [4.78, 5) is 0. The largest absolute Gasteiger partial charge is 1.00 e. The first kappa shape index (κ1) is 78.0. The van der Waals surface area contributed by atoms with Gasteiger partial charge in [0, 0.05) is 0 Å². The number of rotatable bonds is 39. The van der Waals surface area contributed by atoms with Gasteiger partial charge in [0.25, 0.3) is 0 Å². The Morgan fingerprint density at radius 3 is 0.466 bits per heavy atom. The second-order valence-corrected chi connectivity index (χ2v) is 23.5. The van der Waals surface area contributed by atoms with Crippen molar-refractivity contribution in [3.63, 3.8) is 0 Å². The number of nitrogens with zero attached hydrogens (tertiary/aromatic N) is 3. The van der Waals surface area contributed by atoms with Crippen LogP contribution in [0.4, 0.5) is 0 Å². The Morgan fingerprint density at radius 2 is 0.356 bits per heavy atom. The van der Waals surface area contributed by atoms with Crippen molar-refractivity contribution < 1.29 is 43.0 Å². The third kappa shape index (κ3) is 37.0. The molecule has 0 radical (unpaired) electrons. The van der Waals surface area contributed by atoms with Gasteiger partial charge in [-0.05, 0) is 101 Å². The fraction of sp³-hybridized carbons (Fsp3) is 0.727. The highest BCUT2D eigenvalue weighted by atomic mass is 35.5. The lowest BCUT2D eigenvalue weighted by Crippen LogP contribution is -3.00. The molecule has 428 valence electrons. The predicted molar refractivity (Wildman–Crippen MR) is 323 cm³/mol. The number of halogens is 3. The Morgan fingerprint density at radius 1 is 0.233 bits per heavy atom. The molecule has 3 aromatic carbocycles. The number of benzene rings is 3. The lowest BCUT2D eigenvalue weighted by Gasteiger charge is -2.39. The maximum atomic E-state index is 2.33. The Balaban J connectivity index is -0.000000430. The summed E-state index contributed by atoms with van der Waals surface area (Å²) < 4.78 is 4.26. The van der Waals surface area contributed by atoms with E-state index < -0.39 is 7.92 Å². The molecule has 0 bridgehead atoms. The van der Waals surface area contributed by atoms with Crippen LogP contribution >= 0.6 is 7.92 Å². The van der Waals surface area contributed by atoms with Crippen LogP contribution in [-0.2, 0) is 0 Å². The lowest BCUT2D eigenvalue weighted by atomic mass is 10.1. The molecule has 0 N–H and O–H groups in total. The van der Waals surface area contributed by atoms with Gasteiger partial charge in [0.15, 0.2) is 0 Å². The van der Waals surface area contributed by atoms with Gasteiger partial charge in [-0.2, -0.15) is 0 Å². The van der Waals surface area contributed by atoms with Crippen LogP contribution in [-0.4, -0.2) is 92.0 Å². The molecule has 0 aliphatic rings. The summed E-state index contributed by atoms with van der Waals surface area (Å²) in [6.07, 6.45) is 33.2. The molecule has 0 heterocycles. The van der Waals surface area contributed by atoms with E-state index in [1.807, 2.05) is 0 Å². The van der Waals surface area contributed by atoms with Gasteiger partial charge in [-0.25, -0.2) is 0 Å². The van der Waals surface area contributed by atoms with E-state index >= 15 is 0 Å². The molecular formula is C66H123Cl2FN3P. The first-order valence-corrected chi connectivity index (χ1v) is 32.0. The van der Waals surface area contributed by atoms with Crippen molar-refractivity contribution in [1.29, 1.82) is 0 Å². The monoisotopic (exact) mass is 1080 g/mol. The molecule has 0 saturated carbocycles.